The van der Waals surface area contributed by atoms with E-state index in [1.54, 1.807) is 0 Å². The van der Waals surface area contributed by atoms with Crippen molar-refractivity contribution in [1.82, 2.24) is 5.32 Å². The summed E-state index contributed by atoms with van der Waals surface area (Å²) in [6.07, 6.45) is 1.84. The molecule has 4 aromatic carbocycles. The second-order valence-electron chi connectivity index (χ2n) is 8.08. The third kappa shape index (κ3) is 6.19. The second-order valence-corrected chi connectivity index (χ2v) is 8.08. The van der Waals surface area contributed by atoms with Gasteiger partial charge in [-0.05, 0) is 39.9 Å². The summed E-state index contributed by atoms with van der Waals surface area (Å²) in [5.74, 6) is 0.854. The molecule has 2 atom stereocenters. The highest BCUT2D eigenvalue weighted by atomic mass is 16.5. The van der Waals surface area contributed by atoms with Crippen molar-refractivity contribution in [2.75, 3.05) is 0 Å². The van der Waals surface area contributed by atoms with Crippen LogP contribution in [-0.4, -0.2) is 0 Å². The number of nitrogens with two attached hydrogens (primary N) is 1. The zero-order chi connectivity index (χ0) is 22.9. The van der Waals surface area contributed by atoms with Gasteiger partial charge in [0.1, 0.15) is 12.4 Å². The molecule has 0 saturated carbocycles. The lowest BCUT2D eigenvalue weighted by Gasteiger charge is -2.26. The van der Waals surface area contributed by atoms with E-state index in [4.69, 9.17) is 10.5 Å². The molecule has 0 saturated heterocycles. The summed E-state index contributed by atoms with van der Waals surface area (Å²) < 4.78 is 5.95. The Morgan fingerprint density at radius 2 is 1.30 bits per heavy atom. The molecule has 4 aromatic rings. The number of benzene rings is 4. The minimum Gasteiger partial charge on any atom is -0.489 e. The minimum absolute atomic E-state index is 0.00284. The normalized spacial score (nSPS) is 12.6. The van der Waals surface area contributed by atoms with E-state index in [9.17, 15) is 0 Å². The Labute approximate surface area is 196 Å². The van der Waals surface area contributed by atoms with E-state index in [2.05, 4.69) is 72.6 Å². The molecule has 3 N–H and O–H groups in total. The standard InChI is InChI=1S/C30H30N2O/c1-2-23-13-15-25(16-14-23)22-33-28-19-17-24(18-20-28)21-32-30(27-11-7-4-8-12-27)29(31)26-9-5-3-6-10-26/h2-20,29-30,32H,1,21-22,31H2/t29-,30-/m1/s1. The quantitative estimate of drug-likeness (QED) is 0.302. The molecule has 0 heterocycles. The maximum atomic E-state index is 6.68. The van der Waals surface area contributed by atoms with Crippen LogP contribution in [0.5, 0.6) is 5.75 Å². The molecular formula is C30H30N2O. The largest absolute Gasteiger partial charge is 0.489 e. The predicted octanol–water partition coefficient (Wildman–Crippen LogP) is 6.44. The molecule has 0 amide bonds. The summed E-state index contributed by atoms with van der Waals surface area (Å²) in [7, 11) is 0. The summed E-state index contributed by atoms with van der Waals surface area (Å²) in [5.41, 5.74) is 12.4. The Morgan fingerprint density at radius 3 is 1.91 bits per heavy atom. The van der Waals surface area contributed by atoms with Crippen molar-refractivity contribution in [2.45, 2.75) is 25.2 Å². The van der Waals surface area contributed by atoms with E-state index in [0.717, 1.165) is 22.4 Å². The third-order valence-electron chi connectivity index (χ3n) is 5.77. The third-order valence-corrected chi connectivity index (χ3v) is 5.77. The van der Waals surface area contributed by atoms with Gasteiger partial charge in [-0.2, -0.15) is 0 Å². The number of ether oxygens (including phenoxy) is 1. The van der Waals surface area contributed by atoms with Gasteiger partial charge in [0.05, 0.1) is 6.04 Å². The van der Waals surface area contributed by atoms with Gasteiger partial charge in [-0.1, -0.05) is 110 Å². The fourth-order valence-corrected chi connectivity index (χ4v) is 3.83. The van der Waals surface area contributed by atoms with Crippen LogP contribution in [-0.2, 0) is 13.2 Å². The molecule has 0 aliphatic rings. The number of hydrogen-bond donors (Lipinski definition) is 2. The summed E-state index contributed by atoms with van der Waals surface area (Å²) >= 11 is 0. The zero-order valence-corrected chi connectivity index (χ0v) is 18.7. The maximum absolute atomic E-state index is 6.68. The van der Waals surface area contributed by atoms with Crippen LogP contribution in [0.2, 0.25) is 0 Å². The van der Waals surface area contributed by atoms with Crippen LogP contribution in [0.25, 0.3) is 6.08 Å². The first-order valence-electron chi connectivity index (χ1n) is 11.2. The molecule has 0 fully saturated rings. The van der Waals surface area contributed by atoms with E-state index in [1.807, 2.05) is 54.6 Å². The molecule has 4 rings (SSSR count). The monoisotopic (exact) mass is 434 g/mol. The van der Waals surface area contributed by atoms with Crippen molar-refractivity contribution in [1.29, 1.82) is 0 Å². The Hall–Kier alpha value is -3.66. The first-order valence-corrected chi connectivity index (χ1v) is 11.2. The molecule has 3 heteroatoms. The molecule has 3 nitrogen and oxygen atoms in total. The summed E-state index contributed by atoms with van der Waals surface area (Å²) in [5, 5.41) is 3.66. The number of hydrogen-bond acceptors (Lipinski definition) is 3. The molecule has 166 valence electrons. The minimum atomic E-state index is -0.149. The first kappa shape index (κ1) is 22.5. The van der Waals surface area contributed by atoms with Crippen LogP contribution in [0, 0.1) is 0 Å². The average Bonchev–Trinajstić information content (AvgIpc) is 2.89. The zero-order valence-electron chi connectivity index (χ0n) is 18.7. The van der Waals surface area contributed by atoms with E-state index in [1.165, 1.54) is 11.1 Å². The van der Waals surface area contributed by atoms with E-state index < -0.39 is 0 Å². The lowest BCUT2D eigenvalue weighted by atomic mass is 9.94. The fraction of sp³-hybridized carbons (Fsp3) is 0.133. The van der Waals surface area contributed by atoms with Gasteiger partial charge in [-0.3, -0.25) is 0 Å². The van der Waals surface area contributed by atoms with Gasteiger partial charge in [0.15, 0.2) is 0 Å². The summed E-state index contributed by atoms with van der Waals surface area (Å²) in [4.78, 5) is 0. The van der Waals surface area contributed by atoms with Crippen LogP contribution in [0.3, 0.4) is 0 Å². The molecule has 0 aliphatic heterocycles. The van der Waals surface area contributed by atoms with E-state index in [0.29, 0.717) is 13.2 Å². The van der Waals surface area contributed by atoms with E-state index in [-0.39, 0.29) is 12.1 Å². The fourth-order valence-electron chi connectivity index (χ4n) is 3.83. The second kappa shape index (κ2) is 11.3. The molecule has 0 radical (unpaired) electrons. The highest BCUT2D eigenvalue weighted by molar-refractivity contribution is 5.47. The van der Waals surface area contributed by atoms with Crippen molar-refractivity contribution in [3.05, 3.63) is 144 Å². The van der Waals surface area contributed by atoms with Gasteiger partial charge < -0.3 is 15.8 Å². The molecule has 0 bridgehead atoms. The highest BCUT2D eigenvalue weighted by Gasteiger charge is 2.20. The Bertz CT molecular complexity index is 1120. The van der Waals surface area contributed by atoms with Crippen molar-refractivity contribution < 1.29 is 4.74 Å². The highest BCUT2D eigenvalue weighted by Crippen LogP contribution is 2.27. The van der Waals surface area contributed by atoms with Gasteiger partial charge >= 0.3 is 0 Å². The van der Waals surface area contributed by atoms with Gasteiger partial charge in [-0.15, -0.1) is 0 Å². The molecule has 33 heavy (non-hydrogen) atoms. The molecular weight excluding hydrogens is 404 g/mol. The summed E-state index contributed by atoms with van der Waals surface area (Å²) in [6, 6.07) is 36.9. The van der Waals surface area contributed by atoms with Gasteiger partial charge in [0.25, 0.3) is 0 Å². The van der Waals surface area contributed by atoms with Crippen LogP contribution in [0.4, 0.5) is 0 Å². The molecule has 0 aliphatic carbocycles. The van der Waals surface area contributed by atoms with Crippen molar-refractivity contribution in [3.63, 3.8) is 0 Å². The van der Waals surface area contributed by atoms with Crippen LogP contribution in [0.15, 0.2) is 116 Å². The summed E-state index contributed by atoms with van der Waals surface area (Å²) in [6.45, 7) is 5.04. The maximum Gasteiger partial charge on any atom is 0.119 e. The lowest BCUT2D eigenvalue weighted by Crippen LogP contribution is -2.31. The van der Waals surface area contributed by atoms with E-state index >= 15 is 0 Å². The number of nitrogens with one attached hydrogen (secondary N) is 1. The van der Waals surface area contributed by atoms with Crippen LogP contribution < -0.4 is 15.8 Å². The van der Waals surface area contributed by atoms with Gasteiger partial charge in [0.2, 0.25) is 0 Å². The van der Waals surface area contributed by atoms with Gasteiger partial charge in [-0.25, -0.2) is 0 Å². The Balaban J connectivity index is 1.38. The lowest BCUT2D eigenvalue weighted by molar-refractivity contribution is 0.306. The van der Waals surface area contributed by atoms with Crippen LogP contribution in [0.1, 0.15) is 39.9 Å². The van der Waals surface area contributed by atoms with Crippen LogP contribution >= 0.6 is 0 Å². The van der Waals surface area contributed by atoms with Crippen molar-refractivity contribution in [2.24, 2.45) is 5.73 Å². The first-order chi connectivity index (χ1) is 16.2. The Morgan fingerprint density at radius 1 is 0.727 bits per heavy atom. The van der Waals surface area contributed by atoms with Crippen molar-refractivity contribution in [3.8, 4) is 5.75 Å². The van der Waals surface area contributed by atoms with Crippen molar-refractivity contribution >= 4 is 6.08 Å². The van der Waals surface area contributed by atoms with Gasteiger partial charge in [0, 0.05) is 12.6 Å². The smallest absolute Gasteiger partial charge is 0.119 e. The molecule has 0 aromatic heterocycles. The average molecular weight is 435 g/mol. The predicted molar refractivity (Wildman–Crippen MR) is 137 cm³/mol. The molecule has 0 unspecified atom stereocenters. The Kier molecular flexibility index (Phi) is 7.70. The number of rotatable bonds is 10. The SMILES string of the molecule is C=Cc1ccc(COc2ccc(CN[C@H](c3ccccc3)[C@H](N)c3ccccc3)cc2)cc1. The topological polar surface area (TPSA) is 47.3 Å². The molecule has 0 spiro atoms.